The van der Waals surface area contributed by atoms with Gasteiger partial charge in [0.2, 0.25) is 5.91 Å². The predicted molar refractivity (Wildman–Crippen MR) is 104 cm³/mol. The lowest BCUT2D eigenvalue weighted by atomic mass is 9.91. The molecule has 28 heavy (non-hydrogen) atoms. The number of amides is 1. The van der Waals surface area contributed by atoms with Crippen LogP contribution in [0.2, 0.25) is 5.02 Å². The van der Waals surface area contributed by atoms with Crippen LogP contribution in [-0.2, 0) is 4.79 Å². The van der Waals surface area contributed by atoms with Crippen molar-refractivity contribution in [1.82, 2.24) is 0 Å². The first-order valence-electron chi connectivity index (χ1n) is 8.95. The largest absolute Gasteiger partial charge is 0.495 e. The number of ether oxygens (including phenoxy) is 1. The number of allylic oxidation sites excluding steroid dienone is 2. The molecule has 1 aromatic rings. The number of rotatable bonds is 6. The van der Waals surface area contributed by atoms with Gasteiger partial charge in [-0.15, -0.1) is 0 Å². The second-order valence-electron chi connectivity index (χ2n) is 6.42. The number of carbonyl (C=O) groups is 1. The third kappa shape index (κ3) is 6.15. The van der Waals surface area contributed by atoms with Crippen molar-refractivity contribution in [3.05, 3.63) is 34.5 Å². The molecule has 0 heterocycles. The van der Waals surface area contributed by atoms with Gasteiger partial charge < -0.3 is 15.8 Å². The Hall–Kier alpha value is -2.22. The number of halogens is 4. The van der Waals surface area contributed by atoms with Crippen LogP contribution in [0.1, 0.15) is 38.5 Å². The number of nitrogens with one attached hydrogen (secondary N) is 1. The molecule has 3 N–H and O–H groups in total. The highest BCUT2D eigenvalue weighted by atomic mass is 35.5. The number of hydrogen-bond acceptors (Lipinski definition) is 4. The Morgan fingerprint density at radius 3 is 2.71 bits per heavy atom. The average Bonchev–Trinajstić information content (AvgIpc) is 2.64. The highest BCUT2D eigenvalue weighted by Crippen LogP contribution is 2.31. The van der Waals surface area contributed by atoms with E-state index in [9.17, 15) is 18.0 Å². The fourth-order valence-electron chi connectivity index (χ4n) is 2.97. The summed E-state index contributed by atoms with van der Waals surface area (Å²) in [7, 11) is 1.48. The van der Waals surface area contributed by atoms with Gasteiger partial charge in [-0.05, 0) is 50.3 Å². The molecule has 5 nitrogen and oxygen atoms in total. The van der Waals surface area contributed by atoms with Crippen LogP contribution >= 0.6 is 11.6 Å². The molecule has 154 valence electrons. The highest BCUT2D eigenvalue weighted by Gasteiger charge is 2.35. The molecular weight excluding hydrogens is 395 g/mol. The number of nitrogens with zero attached hydrogens (tertiary/aromatic N) is 1. The van der Waals surface area contributed by atoms with E-state index in [4.69, 9.17) is 22.1 Å². The van der Waals surface area contributed by atoms with Gasteiger partial charge in [0.05, 0.1) is 12.8 Å². The smallest absolute Gasteiger partial charge is 0.431 e. The normalized spacial score (nSPS) is 18.1. The van der Waals surface area contributed by atoms with E-state index in [-0.39, 0.29) is 30.9 Å². The molecule has 0 spiro atoms. The third-order valence-electron chi connectivity index (χ3n) is 4.37. The van der Waals surface area contributed by atoms with E-state index in [1.54, 1.807) is 18.2 Å². The molecule has 2 rings (SSSR count). The van der Waals surface area contributed by atoms with Crippen LogP contribution < -0.4 is 15.8 Å². The summed E-state index contributed by atoms with van der Waals surface area (Å²) in [5.41, 5.74) is 5.17. The summed E-state index contributed by atoms with van der Waals surface area (Å²) in [6, 6.07) is 4.87. The van der Waals surface area contributed by atoms with E-state index in [2.05, 4.69) is 10.3 Å². The minimum Gasteiger partial charge on any atom is -0.495 e. The lowest BCUT2D eigenvalue weighted by Gasteiger charge is -2.20. The fraction of sp³-hybridized carbons (Fsp3) is 0.474. The molecule has 9 heteroatoms. The molecule has 1 aliphatic rings. The van der Waals surface area contributed by atoms with Gasteiger partial charge in [0.15, 0.2) is 0 Å². The maximum absolute atomic E-state index is 12.9. The van der Waals surface area contributed by atoms with Gasteiger partial charge in [0, 0.05) is 29.3 Å². The van der Waals surface area contributed by atoms with Crippen molar-refractivity contribution in [2.24, 2.45) is 10.7 Å². The molecule has 0 atom stereocenters. The van der Waals surface area contributed by atoms with Crippen LogP contribution in [0.4, 0.5) is 18.9 Å². The molecule has 1 fully saturated rings. The van der Waals surface area contributed by atoms with Crippen LogP contribution in [0, 0.1) is 0 Å². The van der Waals surface area contributed by atoms with Crippen molar-refractivity contribution in [3.8, 4) is 5.75 Å². The fourth-order valence-corrected chi connectivity index (χ4v) is 3.14. The topological polar surface area (TPSA) is 76.7 Å². The molecule has 1 amide bonds. The van der Waals surface area contributed by atoms with E-state index in [1.165, 1.54) is 7.11 Å². The zero-order chi connectivity index (χ0) is 20.7. The summed E-state index contributed by atoms with van der Waals surface area (Å²) in [5.74, 6) is 0.229. The van der Waals surface area contributed by atoms with Gasteiger partial charge in [0.1, 0.15) is 11.4 Å². The van der Waals surface area contributed by atoms with Gasteiger partial charge in [0.25, 0.3) is 0 Å². The molecule has 0 aliphatic heterocycles. The monoisotopic (exact) mass is 417 g/mol. The van der Waals surface area contributed by atoms with Gasteiger partial charge in [-0.25, -0.2) is 0 Å². The van der Waals surface area contributed by atoms with Gasteiger partial charge in [-0.1, -0.05) is 11.6 Å². The zero-order valence-electron chi connectivity index (χ0n) is 15.5. The van der Waals surface area contributed by atoms with Crippen LogP contribution in [0.3, 0.4) is 0 Å². The Morgan fingerprint density at radius 1 is 1.32 bits per heavy atom. The molecule has 0 aromatic heterocycles. The second kappa shape index (κ2) is 9.82. The van der Waals surface area contributed by atoms with Crippen LogP contribution in [0.5, 0.6) is 5.75 Å². The lowest BCUT2D eigenvalue weighted by Crippen LogP contribution is -2.26. The lowest BCUT2D eigenvalue weighted by molar-refractivity contribution is -0.116. The van der Waals surface area contributed by atoms with Crippen LogP contribution in [0.15, 0.2) is 34.5 Å². The minimum absolute atomic E-state index is 0.0897. The number of nitrogens with two attached hydrogens (primary N) is 1. The Balaban J connectivity index is 1.93. The Kier molecular flexibility index (Phi) is 7.74. The second-order valence-corrected chi connectivity index (χ2v) is 6.86. The van der Waals surface area contributed by atoms with Crippen molar-refractivity contribution in [2.75, 3.05) is 19.0 Å². The standard InChI is InChI=1S/C19H23ClF3N3O2/c1-28-16-9-8-12(20)11-15(16)26-17(27)7-4-10-25-14-6-3-2-5-13(14)18(24)19(21,22)23/h8-9,11H,2-7,10,24H2,1H3,(H,26,27). The molecule has 1 saturated carbocycles. The number of hydrogen-bond donors (Lipinski definition) is 2. The Bertz CT molecular complexity index is 776. The number of carbonyl (C=O) groups excluding carboxylic acids is 1. The number of alkyl halides is 3. The van der Waals surface area contributed by atoms with E-state index in [1.807, 2.05) is 0 Å². The van der Waals surface area contributed by atoms with E-state index in [0.29, 0.717) is 41.4 Å². The van der Waals surface area contributed by atoms with Gasteiger partial charge in [-0.3, -0.25) is 9.79 Å². The molecule has 0 saturated heterocycles. The van der Waals surface area contributed by atoms with Crippen molar-refractivity contribution in [3.63, 3.8) is 0 Å². The van der Waals surface area contributed by atoms with E-state index >= 15 is 0 Å². The van der Waals surface area contributed by atoms with Crippen LogP contribution in [-0.4, -0.2) is 31.4 Å². The van der Waals surface area contributed by atoms with Crippen molar-refractivity contribution in [2.45, 2.75) is 44.7 Å². The first-order valence-corrected chi connectivity index (χ1v) is 9.33. The summed E-state index contributed by atoms with van der Waals surface area (Å²) in [6.45, 7) is 0.254. The van der Waals surface area contributed by atoms with E-state index in [0.717, 1.165) is 6.42 Å². The first-order chi connectivity index (χ1) is 13.2. The summed E-state index contributed by atoms with van der Waals surface area (Å²) in [6.07, 6.45) is -1.80. The quantitative estimate of drug-likeness (QED) is 0.649. The summed E-state index contributed by atoms with van der Waals surface area (Å²) < 4.78 is 43.8. The van der Waals surface area contributed by atoms with E-state index < -0.39 is 11.9 Å². The Labute approximate surface area is 166 Å². The molecule has 1 aromatic carbocycles. The zero-order valence-corrected chi connectivity index (χ0v) is 16.3. The summed E-state index contributed by atoms with van der Waals surface area (Å²) >= 11 is 5.92. The van der Waals surface area contributed by atoms with Crippen molar-refractivity contribution < 1.29 is 22.7 Å². The summed E-state index contributed by atoms with van der Waals surface area (Å²) in [4.78, 5) is 16.4. The maximum atomic E-state index is 12.9. The first kappa shape index (κ1) is 22.1. The number of methoxy groups -OCH3 is 1. The predicted octanol–water partition coefficient (Wildman–Crippen LogP) is 4.86. The molecule has 1 aliphatic carbocycles. The highest BCUT2D eigenvalue weighted by molar-refractivity contribution is 6.31. The maximum Gasteiger partial charge on any atom is 0.431 e. The number of aliphatic imine (C=N–C) groups is 1. The molecule has 0 radical (unpaired) electrons. The molecular formula is C19H23ClF3N3O2. The van der Waals surface area contributed by atoms with Crippen molar-refractivity contribution >= 4 is 28.9 Å². The average molecular weight is 418 g/mol. The summed E-state index contributed by atoms with van der Waals surface area (Å²) in [5, 5.41) is 3.17. The molecule has 0 bridgehead atoms. The number of anilines is 1. The third-order valence-corrected chi connectivity index (χ3v) is 4.60. The van der Waals surface area contributed by atoms with Crippen LogP contribution in [0.25, 0.3) is 0 Å². The van der Waals surface area contributed by atoms with Gasteiger partial charge in [-0.2, -0.15) is 13.2 Å². The minimum atomic E-state index is -4.55. The number of benzene rings is 1. The SMILES string of the molecule is COc1ccc(Cl)cc1NC(=O)CCCN=C1CCCCC1=C(N)C(F)(F)F. The molecule has 0 unspecified atom stereocenters. The van der Waals surface area contributed by atoms with Gasteiger partial charge >= 0.3 is 6.18 Å². The Morgan fingerprint density at radius 2 is 2.04 bits per heavy atom. The van der Waals surface area contributed by atoms with Crippen molar-refractivity contribution in [1.29, 1.82) is 0 Å².